The van der Waals surface area contributed by atoms with E-state index in [4.69, 9.17) is 5.11 Å². The Bertz CT molecular complexity index is 340. The van der Waals surface area contributed by atoms with Crippen molar-refractivity contribution in [3.8, 4) is 0 Å². The van der Waals surface area contributed by atoms with Crippen LogP contribution in [0.4, 0.5) is 0 Å². The first kappa shape index (κ1) is 12.1. The van der Waals surface area contributed by atoms with Gasteiger partial charge in [0.15, 0.2) is 0 Å². The number of rotatable bonds is 4. The van der Waals surface area contributed by atoms with Gasteiger partial charge in [-0.1, -0.05) is 6.92 Å². The second-order valence-corrected chi connectivity index (χ2v) is 3.95. The maximum Gasteiger partial charge on any atom is 0.271 e. The molecule has 1 amide bonds. The molecular weight excluding hydrogens is 260 g/mol. The summed E-state index contributed by atoms with van der Waals surface area (Å²) in [4.78, 5) is 15.6. The van der Waals surface area contributed by atoms with E-state index in [1.165, 1.54) is 0 Å². The second-order valence-electron chi connectivity index (χ2n) is 3.10. The fourth-order valence-electron chi connectivity index (χ4n) is 1.08. The van der Waals surface area contributed by atoms with Gasteiger partial charge in [-0.3, -0.25) is 4.79 Å². The zero-order valence-corrected chi connectivity index (χ0v) is 9.99. The maximum atomic E-state index is 11.7. The zero-order chi connectivity index (χ0) is 11.3. The molecule has 0 spiro atoms. The minimum atomic E-state index is -0.275. The van der Waals surface area contributed by atoms with Crippen LogP contribution in [0.25, 0.3) is 0 Å². The van der Waals surface area contributed by atoms with Crippen LogP contribution < -0.4 is 5.32 Å². The van der Waals surface area contributed by atoms with Crippen molar-refractivity contribution < 1.29 is 9.90 Å². The molecule has 0 aliphatic heterocycles. The van der Waals surface area contributed by atoms with Crippen molar-refractivity contribution in [3.05, 3.63) is 28.5 Å². The Kier molecular flexibility index (Phi) is 4.71. The summed E-state index contributed by atoms with van der Waals surface area (Å²) in [6.45, 7) is 1.83. The lowest BCUT2D eigenvalue weighted by Crippen LogP contribution is -2.37. The number of hydrogen-bond acceptors (Lipinski definition) is 3. The molecule has 0 fully saturated rings. The molecule has 1 rings (SSSR count). The molecular formula is C10H13BrN2O2. The molecule has 1 aromatic rings. The Balaban J connectivity index is 2.73. The van der Waals surface area contributed by atoms with Crippen molar-refractivity contribution in [3.63, 3.8) is 0 Å². The van der Waals surface area contributed by atoms with Crippen molar-refractivity contribution in [2.75, 3.05) is 6.61 Å². The van der Waals surface area contributed by atoms with Gasteiger partial charge in [-0.2, -0.15) is 0 Å². The average Bonchev–Trinajstić information content (AvgIpc) is 2.26. The minimum absolute atomic E-state index is 0.0628. The lowest BCUT2D eigenvalue weighted by Gasteiger charge is -2.13. The Hall–Kier alpha value is -0.940. The molecule has 4 nitrogen and oxygen atoms in total. The van der Waals surface area contributed by atoms with Crippen molar-refractivity contribution in [2.24, 2.45) is 0 Å². The SMILES string of the molecule is CC[C@@H](CO)NC(=O)c1ncccc1Br. The van der Waals surface area contributed by atoms with E-state index in [2.05, 4.69) is 26.2 Å². The molecule has 0 aliphatic carbocycles. The van der Waals surface area contributed by atoms with Crippen LogP contribution >= 0.6 is 15.9 Å². The highest BCUT2D eigenvalue weighted by molar-refractivity contribution is 9.10. The molecule has 5 heteroatoms. The number of carbonyl (C=O) groups is 1. The Morgan fingerprint density at radius 3 is 3.00 bits per heavy atom. The summed E-state index contributed by atoms with van der Waals surface area (Å²) in [5, 5.41) is 11.6. The third kappa shape index (κ3) is 3.28. The number of carbonyl (C=O) groups excluding carboxylic acids is 1. The molecule has 0 aromatic carbocycles. The van der Waals surface area contributed by atoms with Gasteiger partial charge in [0, 0.05) is 10.7 Å². The van der Waals surface area contributed by atoms with Crippen LogP contribution in [0.5, 0.6) is 0 Å². The monoisotopic (exact) mass is 272 g/mol. The van der Waals surface area contributed by atoms with Gasteiger partial charge in [0.2, 0.25) is 0 Å². The van der Waals surface area contributed by atoms with E-state index >= 15 is 0 Å². The van der Waals surface area contributed by atoms with E-state index in [1.807, 2.05) is 6.92 Å². The largest absolute Gasteiger partial charge is 0.394 e. The molecule has 1 heterocycles. The Labute approximate surface area is 96.8 Å². The van der Waals surface area contributed by atoms with Crippen LogP contribution in [-0.2, 0) is 0 Å². The second kappa shape index (κ2) is 5.82. The predicted molar refractivity (Wildman–Crippen MR) is 60.6 cm³/mol. The molecule has 2 N–H and O–H groups in total. The molecule has 0 aliphatic rings. The summed E-state index contributed by atoms with van der Waals surface area (Å²) in [5.41, 5.74) is 0.337. The highest BCUT2D eigenvalue weighted by atomic mass is 79.9. The summed E-state index contributed by atoms with van der Waals surface area (Å²) >= 11 is 3.24. The highest BCUT2D eigenvalue weighted by Gasteiger charge is 2.14. The van der Waals surface area contributed by atoms with E-state index in [9.17, 15) is 4.79 Å². The first-order chi connectivity index (χ1) is 7.19. The molecule has 0 saturated heterocycles. The summed E-state index contributed by atoms with van der Waals surface area (Å²) in [5.74, 6) is -0.275. The van der Waals surface area contributed by atoms with Crippen molar-refractivity contribution in [1.82, 2.24) is 10.3 Å². The van der Waals surface area contributed by atoms with E-state index in [-0.39, 0.29) is 18.6 Å². The fraction of sp³-hybridized carbons (Fsp3) is 0.400. The van der Waals surface area contributed by atoms with E-state index in [0.29, 0.717) is 16.6 Å². The lowest BCUT2D eigenvalue weighted by atomic mass is 10.2. The summed E-state index contributed by atoms with van der Waals surface area (Å²) in [6.07, 6.45) is 2.24. The number of amides is 1. The van der Waals surface area contributed by atoms with Gasteiger partial charge in [-0.25, -0.2) is 4.98 Å². The van der Waals surface area contributed by atoms with Crippen LogP contribution in [0, 0.1) is 0 Å². The van der Waals surface area contributed by atoms with Crippen molar-refractivity contribution >= 4 is 21.8 Å². The maximum absolute atomic E-state index is 11.7. The average molecular weight is 273 g/mol. The van der Waals surface area contributed by atoms with Crippen LogP contribution in [0.15, 0.2) is 22.8 Å². The normalized spacial score (nSPS) is 12.2. The molecule has 15 heavy (non-hydrogen) atoms. The number of aromatic nitrogens is 1. The van der Waals surface area contributed by atoms with E-state index in [1.54, 1.807) is 18.3 Å². The topological polar surface area (TPSA) is 62.2 Å². The van der Waals surface area contributed by atoms with Gasteiger partial charge in [-0.15, -0.1) is 0 Å². The lowest BCUT2D eigenvalue weighted by molar-refractivity contribution is 0.0909. The van der Waals surface area contributed by atoms with E-state index < -0.39 is 0 Å². The predicted octanol–water partition coefficient (Wildman–Crippen LogP) is 1.34. The minimum Gasteiger partial charge on any atom is -0.394 e. The van der Waals surface area contributed by atoms with Gasteiger partial charge < -0.3 is 10.4 Å². The fourth-order valence-corrected chi connectivity index (χ4v) is 1.52. The Morgan fingerprint density at radius 1 is 1.73 bits per heavy atom. The number of hydrogen-bond donors (Lipinski definition) is 2. The number of aliphatic hydroxyl groups excluding tert-OH is 1. The smallest absolute Gasteiger partial charge is 0.271 e. The summed E-state index contributed by atoms with van der Waals surface area (Å²) in [7, 11) is 0. The first-order valence-corrected chi connectivity index (χ1v) is 5.50. The molecule has 0 saturated carbocycles. The summed E-state index contributed by atoms with van der Waals surface area (Å²) in [6, 6.07) is 3.28. The van der Waals surface area contributed by atoms with Crippen LogP contribution in [0.1, 0.15) is 23.8 Å². The van der Waals surface area contributed by atoms with Gasteiger partial charge in [0.1, 0.15) is 5.69 Å². The first-order valence-electron chi connectivity index (χ1n) is 4.71. The number of nitrogens with zero attached hydrogens (tertiary/aromatic N) is 1. The quantitative estimate of drug-likeness (QED) is 0.870. The molecule has 1 aromatic heterocycles. The molecule has 0 radical (unpaired) electrons. The molecule has 82 valence electrons. The van der Waals surface area contributed by atoms with Crippen LogP contribution in [0.3, 0.4) is 0 Å². The van der Waals surface area contributed by atoms with Crippen LogP contribution in [-0.4, -0.2) is 28.6 Å². The molecule has 0 bridgehead atoms. The number of halogens is 1. The van der Waals surface area contributed by atoms with Gasteiger partial charge >= 0.3 is 0 Å². The van der Waals surface area contributed by atoms with Crippen LogP contribution in [0.2, 0.25) is 0 Å². The van der Waals surface area contributed by atoms with Gasteiger partial charge in [0.05, 0.1) is 12.6 Å². The zero-order valence-electron chi connectivity index (χ0n) is 8.40. The number of nitrogens with one attached hydrogen (secondary N) is 1. The third-order valence-electron chi connectivity index (χ3n) is 2.02. The van der Waals surface area contributed by atoms with Crippen molar-refractivity contribution in [2.45, 2.75) is 19.4 Å². The molecule has 1 atom stereocenters. The molecule has 0 unspecified atom stereocenters. The number of aliphatic hydroxyl groups is 1. The Morgan fingerprint density at radius 2 is 2.47 bits per heavy atom. The van der Waals surface area contributed by atoms with Gasteiger partial charge in [0.25, 0.3) is 5.91 Å². The van der Waals surface area contributed by atoms with Crippen molar-refractivity contribution in [1.29, 1.82) is 0 Å². The number of pyridine rings is 1. The third-order valence-corrected chi connectivity index (χ3v) is 2.66. The standard InChI is InChI=1S/C10H13BrN2O2/c1-2-7(6-14)13-10(15)9-8(11)4-3-5-12-9/h3-5,7,14H,2,6H2,1H3,(H,13,15)/t7-/m0/s1. The summed E-state index contributed by atoms with van der Waals surface area (Å²) < 4.78 is 0.648. The highest BCUT2D eigenvalue weighted by Crippen LogP contribution is 2.13. The van der Waals surface area contributed by atoms with Gasteiger partial charge in [-0.05, 0) is 34.5 Å². The van der Waals surface area contributed by atoms with E-state index in [0.717, 1.165) is 0 Å².